The minimum atomic E-state index is 0.712. The monoisotopic (exact) mass is 682 g/mol. The third-order valence-corrected chi connectivity index (χ3v) is 10.4. The maximum absolute atomic E-state index is 6.74. The molecule has 2 aromatic heterocycles. The van der Waals surface area contributed by atoms with Crippen molar-refractivity contribution in [3.8, 4) is 22.3 Å². The summed E-state index contributed by atoms with van der Waals surface area (Å²) in [5.74, 6) is 0.712. The SMILES string of the molecule is C\C1=C(c2ccccc2)/N=C(c2ccccc2)\N=C(\c2ccc3c(c2)oc2ccc(-c4cccc5c4oc4c(-c6ccccc6)cccc45)cc23)CC1. The molecule has 0 amide bonds. The lowest BCUT2D eigenvalue weighted by atomic mass is 9.97. The second kappa shape index (κ2) is 12.8. The molecular weight excluding hydrogens is 649 g/mol. The lowest BCUT2D eigenvalue weighted by molar-refractivity contribution is 0.668. The zero-order valence-corrected chi connectivity index (χ0v) is 29.2. The molecule has 53 heavy (non-hydrogen) atoms. The van der Waals surface area contributed by atoms with E-state index in [1.807, 2.05) is 30.3 Å². The van der Waals surface area contributed by atoms with Gasteiger partial charge in [0.15, 0.2) is 5.84 Å². The molecule has 7 aromatic carbocycles. The van der Waals surface area contributed by atoms with Crippen LogP contribution in [-0.4, -0.2) is 11.5 Å². The van der Waals surface area contributed by atoms with Gasteiger partial charge in [-0.3, -0.25) is 0 Å². The number of nitrogens with zero attached hydrogens (tertiary/aromatic N) is 2. The molecule has 1 aliphatic heterocycles. The van der Waals surface area contributed by atoms with Crippen LogP contribution in [0.4, 0.5) is 0 Å². The van der Waals surface area contributed by atoms with Gasteiger partial charge in [0.2, 0.25) is 0 Å². The van der Waals surface area contributed by atoms with Crippen molar-refractivity contribution in [3.05, 3.63) is 186 Å². The van der Waals surface area contributed by atoms with Gasteiger partial charge in [-0.25, -0.2) is 9.98 Å². The molecule has 1 aliphatic rings. The Morgan fingerprint density at radius 2 is 1.04 bits per heavy atom. The number of rotatable bonds is 5. The van der Waals surface area contributed by atoms with Crippen LogP contribution in [0.5, 0.6) is 0 Å². The fraction of sp³-hybridized carbons (Fsp3) is 0.0612. The minimum absolute atomic E-state index is 0.712. The summed E-state index contributed by atoms with van der Waals surface area (Å²) >= 11 is 0. The molecular formula is C49H34N2O2. The summed E-state index contributed by atoms with van der Waals surface area (Å²) < 4.78 is 13.3. The van der Waals surface area contributed by atoms with Crippen molar-refractivity contribution in [1.29, 1.82) is 0 Å². The third kappa shape index (κ3) is 5.47. The average molecular weight is 683 g/mol. The molecule has 0 atom stereocenters. The fourth-order valence-electron chi connectivity index (χ4n) is 7.68. The van der Waals surface area contributed by atoms with Crippen molar-refractivity contribution in [3.63, 3.8) is 0 Å². The maximum Gasteiger partial charge on any atom is 0.160 e. The van der Waals surface area contributed by atoms with E-state index in [4.69, 9.17) is 18.8 Å². The minimum Gasteiger partial charge on any atom is -0.456 e. The number of fused-ring (bicyclic) bond motifs is 6. The second-order valence-corrected chi connectivity index (χ2v) is 13.7. The van der Waals surface area contributed by atoms with Crippen LogP contribution in [0, 0.1) is 0 Å². The number of aliphatic imine (C=N–C) groups is 2. The number of benzene rings is 7. The van der Waals surface area contributed by atoms with E-state index in [-0.39, 0.29) is 0 Å². The van der Waals surface area contributed by atoms with Crippen LogP contribution in [-0.2, 0) is 0 Å². The fourth-order valence-corrected chi connectivity index (χ4v) is 7.68. The highest BCUT2D eigenvalue weighted by atomic mass is 16.3. The van der Waals surface area contributed by atoms with Crippen LogP contribution in [0.1, 0.15) is 36.5 Å². The molecule has 4 nitrogen and oxygen atoms in total. The zero-order valence-electron chi connectivity index (χ0n) is 29.2. The van der Waals surface area contributed by atoms with E-state index in [0.717, 1.165) is 107 Å². The predicted molar refractivity (Wildman–Crippen MR) is 220 cm³/mol. The van der Waals surface area contributed by atoms with Gasteiger partial charge in [0.1, 0.15) is 22.3 Å². The third-order valence-electron chi connectivity index (χ3n) is 10.4. The molecule has 0 radical (unpaired) electrons. The normalized spacial score (nSPS) is 17.1. The van der Waals surface area contributed by atoms with Gasteiger partial charge in [0.25, 0.3) is 0 Å². The quantitative estimate of drug-likeness (QED) is 0.181. The van der Waals surface area contributed by atoms with Gasteiger partial charge in [0.05, 0.1) is 11.4 Å². The van der Waals surface area contributed by atoms with Gasteiger partial charge in [-0.2, -0.15) is 0 Å². The first-order valence-corrected chi connectivity index (χ1v) is 18.1. The van der Waals surface area contributed by atoms with Gasteiger partial charge in [-0.1, -0.05) is 140 Å². The van der Waals surface area contributed by atoms with E-state index >= 15 is 0 Å². The van der Waals surface area contributed by atoms with Crippen LogP contribution >= 0.6 is 0 Å². The Morgan fingerprint density at radius 1 is 0.415 bits per heavy atom. The van der Waals surface area contributed by atoms with E-state index in [9.17, 15) is 0 Å². The Labute approximate surface area is 307 Å². The number of allylic oxidation sites excluding steroid dienone is 1. The second-order valence-electron chi connectivity index (χ2n) is 13.7. The van der Waals surface area contributed by atoms with Crippen LogP contribution in [0.15, 0.2) is 188 Å². The largest absolute Gasteiger partial charge is 0.456 e. The lowest BCUT2D eigenvalue weighted by Crippen LogP contribution is -2.10. The topological polar surface area (TPSA) is 51.0 Å². The van der Waals surface area contributed by atoms with Crippen molar-refractivity contribution in [1.82, 2.24) is 0 Å². The first-order chi connectivity index (χ1) is 26.2. The highest BCUT2D eigenvalue weighted by Gasteiger charge is 2.19. The summed E-state index contributed by atoms with van der Waals surface area (Å²) in [5, 5.41) is 4.36. The number of hydrogen-bond acceptors (Lipinski definition) is 4. The molecule has 0 unspecified atom stereocenters. The highest BCUT2D eigenvalue weighted by molar-refractivity contribution is 6.17. The van der Waals surface area contributed by atoms with E-state index in [2.05, 4.69) is 140 Å². The molecule has 0 saturated carbocycles. The van der Waals surface area contributed by atoms with Crippen molar-refractivity contribution in [2.24, 2.45) is 9.98 Å². The van der Waals surface area contributed by atoms with Gasteiger partial charge in [-0.15, -0.1) is 0 Å². The molecule has 3 heterocycles. The Morgan fingerprint density at radius 3 is 1.74 bits per heavy atom. The Balaban J connectivity index is 1.06. The van der Waals surface area contributed by atoms with E-state index in [1.54, 1.807) is 0 Å². The molecule has 252 valence electrons. The van der Waals surface area contributed by atoms with E-state index < -0.39 is 0 Å². The van der Waals surface area contributed by atoms with Gasteiger partial charge in [-0.05, 0) is 66.3 Å². The summed E-state index contributed by atoms with van der Waals surface area (Å²) in [7, 11) is 0. The molecule has 0 bridgehead atoms. The molecule has 0 saturated heterocycles. The van der Waals surface area contributed by atoms with Crippen molar-refractivity contribution >= 4 is 61.1 Å². The molecule has 9 aromatic rings. The van der Waals surface area contributed by atoms with Gasteiger partial charge < -0.3 is 8.83 Å². The molecule has 4 heteroatoms. The van der Waals surface area contributed by atoms with E-state index in [1.165, 1.54) is 5.57 Å². The summed E-state index contributed by atoms with van der Waals surface area (Å²) in [5.41, 5.74) is 14.2. The van der Waals surface area contributed by atoms with Crippen molar-refractivity contribution < 1.29 is 8.83 Å². The first kappa shape index (κ1) is 31.0. The van der Waals surface area contributed by atoms with E-state index in [0.29, 0.717) is 5.84 Å². The summed E-state index contributed by atoms with van der Waals surface area (Å²) in [4.78, 5) is 10.5. The number of hydrogen-bond donors (Lipinski definition) is 0. The van der Waals surface area contributed by atoms with Crippen LogP contribution in [0.25, 0.3) is 71.8 Å². The smallest absolute Gasteiger partial charge is 0.160 e. The molecule has 0 fully saturated rings. The predicted octanol–water partition coefficient (Wildman–Crippen LogP) is 13.3. The molecule has 0 spiro atoms. The number of amidine groups is 1. The van der Waals surface area contributed by atoms with Gasteiger partial charge >= 0.3 is 0 Å². The van der Waals surface area contributed by atoms with Crippen LogP contribution < -0.4 is 0 Å². The standard InChI is InChI=1S/C49H34N2O2/c1-31-23-27-43(50-49(34-17-9-4-10-18-34)51-46(31)33-15-7-3-8-16-33)36-24-26-39-42-29-35(25-28-44(42)52-45(39)30-36)38-20-12-22-41-40-21-11-19-37(47(40)53-48(38)41)32-13-5-2-6-14-32/h2-22,24-26,28-30H,23,27H2,1H3/b46-31+,50-43+,51-49-. The molecule has 0 aliphatic carbocycles. The van der Waals surface area contributed by atoms with Gasteiger partial charge in [0, 0.05) is 43.8 Å². The Bertz CT molecular complexity index is 2930. The lowest BCUT2D eigenvalue weighted by Gasteiger charge is -2.16. The van der Waals surface area contributed by atoms with Crippen LogP contribution in [0.2, 0.25) is 0 Å². The zero-order chi connectivity index (χ0) is 35.3. The molecule has 10 rings (SSSR count). The number of furan rings is 2. The Kier molecular flexibility index (Phi) is 7.47. The Hall–Kier alpha value is -6.78. The number of para-hydroxylation sites is 2. The van der Waals surface area contributed by atoms with Crippen molar-refractivity contribution in [2.45, 2.75) is 19.8 Å². The summed E-state index contributed by atoms with van der Waals surface area (Å²) in [6.07, 6.45) is 1.65. The van der Waals surface area contributed by atoms with Crippen molar-refractivity contribution in [2.75, 3.05) is 0 Å². The summed E-state index contributed by atoms with van der Waals surface area (Å²) in [6.45, 7) is 2.19. The average Bonchev–Trinajstić information content (AvgIpc) is 3.78. The van der Waals surface area contributed by atoms with Crippen LogP contribution in [0.3, 0.4) is 0 Å². The highest BCUT2D eigenvalue weighted by Crippen LogP contribution is 2.41. The first-order valence-electron chi connectivity index (χ1n) is 18.1. The molecule has 0 N–H and O–H groups in total. The summed E-state index contributed by atoms with van der Waals surface area (Å²) in [6, 6.07) is 56.8. The maximum atomic E-state index is 6.74.